The average molecular weight is 573 g/mol. The van der Waals surface area contributed by atoms with Crippen molar-refractivity contribution in [3.8, 4) is 5.75 Å². The Morgan fingerprint density at radius 2 is 1.93 bits per heavy atom. The Kier molecular flexibility index (Phi) is 6.31. The van der Waals surface area contributed by atoms with Crippen LogP contribution in [-0.2, 0) is 4.79 Å². The lowest BCUT2D eigenvalue weighted by molar-refractivity contribution is -0.119. The second-order valence-electron chi connectivity index (χ2n) is 5.75. The van der Waals surface area contributed by atoms with E-state index in [1.165, 1.54) is 10.9 Å². The third-order valence-electron chi connectivity index (χ3n) is 3.67. The lowest BCUT2D eigenvalue weighted by atomic mass is 10.2. The molecule has 2 aromatic carbocycles. The fourth-order valence-corrected chi connectivity index (χ4v) is 4.27. The van der Waals surface area contributed by atoms with E-state index in [1.54, 1.807) is 31.2 Å². The summed E-state index contributed by atoms with van der Waals surface area (Å²) in [5.41, 5.74) is 6.15. The monoisotopic (exact) mass is 570 g/mol. The molecule has 0 spiro atoms. The molecular formula is C18H13Br3N4O3. The first-order valence-electron chi connectivity index (χ1n) is 7.89. The van der Waals surface area contributed by atoms with Crippen LogP contribution in [0.3, 0.4) is 0 Å². The Hall–Kier alpha value is -2.04. The molecule has 0 radical (unpaired) electrons. The van der Waals surface area contributed by atoms with Gasteiger partial charge < -0.3 is 10.5 Å². The number of aromatic nitrogens is 2. The van der Waals surface area contributed by atoms with E-state index in [9.17, 15) is 9.59 Å². The van der Waals surface area contributed by atoms with E-state index in [0.717, 1.165) is 4.47 Å². The number of rotatable bonds is 5. The van der Waals surface area contributed by atoms with Crippen molar-refractivity contribution in [2.75, 3.05) is 6.61 Å². The quantitative estimate of drug-likeness (QED) is 0.471. The van der Waals surface area contributed by atoms with E-state index < -0.39 is 5.91 Å². The normalized spacial score (nSPS) is 11.3. The van der Waals surface area contributed by atoms with Gasteiger partial charge in [0.05, 0.1) is 26.1 Å². The van der Waals surface area contributed by atoms with Gasteiger partial charge in [-0.2, -0.15) is 9.78 Å². The molecule has 0 bridgehead atoms. The minimum absolute atomic E-state index is 0.239. The zero-order chi connectivity index (χ0) is 20.4. The molecule has 0 aliphatic carbocycles. The van der Waals surface area contributed by atoms with Crippen LogP contribution >= 0.6 is 47.8 Å². The van der Waals surface area contributed by atoms with E-state index in [4.69, 9.17) is 10.5 Å². The van der Waals surface area contributed by atoms with Crippen molar-refractivity contribution < 1.29 is 9.53 Å². The summed E-state index contributed by atoms with van der Waals surface area (Å²) in [5, 5.41) is 4.75. The molecule has 0 aliphatic heterocycles. The molecular weight excluding hydrogens is 560 g/mol. The van der Waals surface area contributed by atoms with Crippen molar-refractivity contribution in [2.24, 2.45) is 10.8 Å². The summed E-state index contributed by atoms with van der Waals surface area (Å²) in [4.78, 5) is 28.1. The maximum Gasteiger partial charge on any atom is 0.282 e. The SMILES string of the molecule is Cc1nc2ccc(Br)cc2c(=O)n1N=Cc1cc(Br)c(OCC(N)=O)c(Br)c1. The summed E-state index contributed by atoms with van der Waals surface area (Å²) < 4.78 is 8.61. The van der Waals surface area contributed by atoms with E-state index in [1.807, 2.05) is 6.07 Å². The van der Waals surface area contributed by atoms with Gasteiger partial charge in [-0.3, -0.25) is 9.59 Å². The summed E-state index contributed by atoms with van der Waals surface area (Å²) in [7, 11) is 0. The predicted molar refractivity (Wildman–Crippen MR) is 118 cm³/mol. The van der Waals surface area contributed by atoms with Gasteiger partial charge in [-0.05, 0) is 74.7 Å². The number of benzene rings is 2. The molecule has 2 N–H and O–H groups in total. The van der Waals surface area contributed by atoms with E-state index in [0.29, 0.717) is 37.0 Å². The Bertz CT molecular complexity index is 1150. The Morgan fingerprint density at radius 3 is 2.57 bits per heavy atom. The molecule has 0 fully saturated rings. The third-order valence-corrected chi connectivity index (χ3v) is 5.34. The van der Waals surface area contributed by atoms with Gasteiger partial charge in [0.25, 0.3) is 11.5 Å². The molecule has 0 unspecified atom stereocenters. The number of primary amides is 1. The van der Waals surface area contributed by atoms with Crippen molar-refractivity contribution in [2.45, 2.75) is 6.92 Å². The van der Waals surface area contributed by atoms with Gasteiger partial charge >= 0.3 is 0 Å². The summed E-state index contributed by atoms with van der Waals surface area (Å²) in [6.45, 7) is 1.48. The first kappa shape index (κ1) is 20.7. The highest BCUT2D eigenvalue weighted by Gasteiger charge is 2.11. The Balaban J connectivity index is 1.98. The van der Waals surface area contributed by atoms with Crippen LogP contribution in [0.25, 0.3) is 10.9 Å². The van der Waals surface area contributed by atoms with Gasteiger partial charge in [-0.1, -0.05) is 15.9 Å². The molecule has 7 nitrogen and oxygen atoms in total. The average Bonchev–Trinajstić information content (AvgIpc) is 2.61. The number of ether oxygens (including phenoxy) is 1. The zero-order valence-electron chi connectivity index (χ0n) is 14.4. The number of aryl methyl sites for hydroxylation is 1. The number of fused-ring (bicyclic) bond motifs is 1. The maximum atomic E-state index is 12.8. The molecule has 144 valence electrons. The van der Waals surface area contributed by atoms with Crippen LogP contribution in [-0.4, -0.2) is 28.4 Å². The van der Waals surface area contributed by atoms with Gasteiger partial charge in [0, 0.05) is 4.47 Å². The number of hydrogen-bond acceptors (Lipinski definition) is 5. The smallest absolute Gasteiger partial charge is 0.282 e. The van der Waals surface area contributed by atoms with E-state index in [-0.39, 0.29) is 12.2 Å². The molecule has 10 heteroatoms. The maximum absolute atomic E-state index is 12.8. The highest BCUT2D eigenvalue weighted by Crippen LogP contribution is 2.34. The standard InChI is InChI=1S/C18H13Br3N4O3/c1-9-24-15-3-2-11(19)6-12(15)18(27)25(9)23-7-10-4-13(20)17(14(21)5-10)28-8-16(22)26/h2-7H,8H2,1H3,(H2,22,26). The predicted octanol–water partition coefficient (Wildman–Crippen LogP) is 3.74. The van der Waals surface area contributed by atoms with Crippen molar-refractivity contribution in [1.82, 2.24) is 9.66 Å². The topological polar surface area (TPSA) is 99.6 Å². The Morgan fingerprint density at radius 1 is 1.25 bits per heavy atom. The summed E-state index contributed by atoms with van der Waals surface area (Å²) in [5.74, 6) is 0.340. The van der Waals surface area contributed by atoms with E-state index in [2.05, 4.69) is 57.9 Å². The first-order chi connectivity index (χ1) is 13.3. The molecule has 1 aromatic heterocycles. The van der Waals surface area contributed by atoms with Gasteiger partial charge in [-0.15, -0.1) is 0 Å². The van der Waals surface area contributed by atoms with Crippen molar-refractivity contribution in [1.29, 1.82) is 0 Å². The van der Waals surface area contributed by atoms with Crippen molar-refractivity contribution >= 4 is 70.8 Å². The van der Waals surface area contributed by atoms with Crippen LogP contribution in [0.1, 0.15) is 11.4 Å². The van der Waals surface area contributed by atoms with Crippen LogP contribution in [0.15, 0.2) is 53.6 Å². The third kappa shape index (κ3) is 4.50. The van der Waals surface area contributed by atoms with E-state index >= 15 is 0 Å². The van der Waals surface area contributed by atoms with Crippen LogP contribution in [0.5, 0.6) is 5.75 Å². The van der Waals surface area contributed by atoms with Gasteiger partial charge in [0.1, 0.15) is 11.6 Å². The number of halogens is 3. The van der Waals surface area contributed by atoms with Crippen molar-refractivity contribution in [3.63, 3.8) is 0 Å². The van der Waals surface area contributed by atoms with Gasteiger partial charge in [0.15, 0.2) is 6.61 Å². The number of carbonyl (C=O) groups excluding carboxylic acids is 1. The molecule has 0 saturated carbocycles. The minimum Gasteiger partial charge on any atom is -0.481 e. The molecule has 1 amide bonds. The molecule has 3 rings (SSSR count). The molecule has 1 heterocycles. The van der Waals surface area contributed by atoms with Crippen molar-refractivity contribution in [3.05, 3.63) is 65.5 Å². The summed E-state index contributed by atoms with van der Waals surface area (Å²) in [6, 6.07) is 8.82. The van der Waals surface area contributed by atoms with Crippen LogP contribution in [0, 0.1) is 6.92 Å². The molecule has 0 atom stereocenters. The second kappa shape index (κ2) is 8.54. The van der Waals surface area contributed by atoms with Crippen LogP contribution in [0.2, 0.25) is 0 Å². The largest absolute Gasteiger partial charge is 0.481 e. The van der Waals surface area contributed by atoms with Crippen LogP contribution < -0.4 is 16.0 Å². The number of carbonyl (C=O) groups is 1. The highest BCUT2D eigenvalue weighted by atomic mass is 79.9. The van der Waals surface area contributed by atoms with Gasteiger partial charge in [-0.25, -0.2) is 4.98 Å². The number of nitrogens with two attached hydrogens (primary N) is 1. The zero-order valence-corrected chi connectivity index (χ0v) is 19.2. The lowest BCUT2D eigenvalue weighted by Gasteiger charge is -2.10. The second-order valence-corrected chi connectivity index (χ2v) is 8.38. The number of amides is 1. The lowest BCUT2D eigenvalue weighted by Crippen LogP contribution is -2.20. The Labute approximate surface area is 185 Å². The summed E-state index contributed by atoms with van der Waals surface area (Å²) in [6.07, 6.45) is 1.54. The molecule has 0 saturated heterocycles. The van der Waals surface area contributed by atoms with Crippen LogP contribution in [0.4, 0.5) is 0 Å². The number of nitrogens with zero attached hydrogens (tertiary/aromatic N) is 3. The fraction of sp³-hybridized carbons (Fsp3) is 0.111. The molecule has 0 aliphatic rings. The highest BCUT2D eigenvalue weighted by molar-refractivity contribution is 9.11. The number of hydrogen-bond donors (Lipinski definition) is 1. The molecule has 28 heavy (non-hydrogen) atoms. The molecule has 3 aromatic rings. The minimum atomic E-state index is -0.574. The first-order valence-corrected chi connectivity index (χ1v) is 10.3. The fourth-order valence-electron chi connectivity index (χ4n) is 2.46. The van der Waals surface area contributed by atoms with Gasteiger partial charge in [0.2, 0.25) is 0 Å². The summed E-state index contributed by atoms with van der Waals surface area (Å²) >= 11 is 10.1.